The number of Topliss-reactive ketones (excluding diaryl/α,β-unsaturated/α-hetero) is 1. The van der Waals surface area contributed by atoms with Gasteiger partial charge in [0.25, 0.3) is 0 Å². The molecule has 10 heteroatoms. The van der Waals surface area contributed by atoms with Crippen LogP contribution in [0.3, 0.4) is 0 Å². The number of alkyl halides is 5. The van der Waals surface area contributed by atoms with Crippen molar-refractivity contribution in [2.24, 2.45) is 0 Å². The van der Waals surface area contributed by atoms with Crippen LogP contribution in [-0.4, -0.2) is 24.2 Å². The Kier molecular flexibility index (Phi) is 4.74. The molecule has 0 aliphatic carbocycles. The number of benzene rings is 2. The number of hydrogen-bond donors (Lipinski definition) is 0. The fourth-order valence-corrected chi connectivity index (χ4v) is 2.74. The van der Waals surface area contributed by atoms with E-state index in [1.807, 2.05) is 0 Å². The average molecular weight is 401 g/mol. The fourth-order valence-electron chi connectivity index (χ4n) is 2.74. The predicted octanol–water partition coefficient (Wildman–Crippen LogP) is 4.31. The Morgan fingerprint density at radius 1 is 1.18 bits per heavy atom. The van der Waals surface area contributed by atoms with Crippen LogP contribution in [-0.2, 0) is 11.3 Å². The molecule has 0 radical (unpaired) electrons. The van der Waals surface area contributed by atoms with Gasteiger partial charge in [-0.25, -0.2) is 0 Å². The van der Waals surface area contributed by atoms with Gasteiger partial charge in [-0.05, 0) is 36.8 Å². The van der Waals surface area contributed by atoms with Gasteiger partial charge in [0.15, 0.2) is 11.5 Å². The number of carbonyl (C=O) groups is 2. The summed E-state index contributed by atoms with van der Waals surface area (Å²) in [7, 11) is 0. The Balaban J connectivity index is 2.01. The van der Waals surface area contributed by atoms with Crippen LogP contribution in [0.5, 0.6) is 11.5 Å². The highest BCUT2D eigenvalue weighted by Crippen LogP contribution is 2.42. The Morgan fingerprint density at radius 2 is 1.86 bits per heavy atom. The van der Waals surface area contributed by atoms with Gasteiger partial charge in [-0.3, -0.25) is 14.5 Å². The second kappa shape index (κ2) is 6.77. The zero-order chi connectivity index (χ0) is 20.7. The molecule has 1 aliphatic rings. The van der Waals surface area contributed by atoms with Crippen molar-refractivity contribution in [2.75, 3.05) is 4.90 Å². The van der Waals surface area contributed by atoms with Crippen molar-refractivity contribution < 1.29 is 41.0 Å². The zero-order valence-electron chi connectivity index (χ0n) is 14.2. The van der Waals surface area contributed by atoms with E-state index in [-0.39, 0.29) is 16.8 Å². The number of rotatable bonds is 4. The fraction of sp³-hybridized carbons (Fsp3) is 0.222. The maximum Gasteiger partial charge on any atom is 0.573 e. The SMILES string of the molecule is CC(=O)c1cccc2c1OC(F)(F)C(=O)N2Cc1cccc(OC(F)(F)F)c1. The van der Waals surface area contributed by atoms with Crippen LogP contribution in [0.15, 0.2) is 42.5 Å². The standard InChI is InChI=1S/C18H12F5NO4/c1-10(25)13-6-3-7-14-15(13)28-17(19,20)16(26)24(14)9-11-4-2-5-12(8-11)27-18(21,22)23/h2-8H,9H2,1H3. The van der Waals surface area contributed by atoms with Crippen molar-refractivity contribution in [1.82, 2.24) is 0 Å². The minimum Gasteiger partial charge on any atom is -0.422 e. The maximum absolute atomic E-state index is 14.1. The highest BCUT2D eigenvalue weighted by Gasteiger charge is 2.51. The Hall–Kier alpha value is -3.17. The molecule has 1 heterocycles. The molecule has 0 bridgehead atoms. The van der Waals surface area contributed by atoms with Gasteiger partial charge in [-0.1, -0.05) is 18.2 Å². The van der Waals surface area contributed by atoms with Crippen molar-refractivity contribution in [3.05, 3.63) is 53.6 Å². The molecule has 0 saturated carbocycles. The molecule has 0 N–H and O–H groups in total. The Bertz CT molecular complexity index is 942. The summed E-state index contributed by atoms with van der Waals surface area (Å²) in [5, 5.41) is 0. The number of halogens is 5. The quantitative estimate of drug-likeness (QED) is 0.566. The second-order valence-electron chi connectivity index (χ2n) is 5.92. The van der Waals surface area contributed by atoms with Crippen LogP contribution >= 0.6 is 0 Å². The largest absolute Gasteiger partial charge is 0.573 e. The average Bonchev–Trinajstić information content (AvgIpc) is 2.57. The lowest BCUT2D eigenvalue weighted by atomic mass is 10.1. The van der Waals surface area contributed by atoms with Gasteiger partial charge < -0.3 is 9.47 Å². The molecule has 1 aliphatic heterocycles. The number of anilines is 1. The highest BCUT2D eigenvalue weighted by atomic mass is 19.4. The summed E-state index contributed by atoms with van der Waals surface area (Å²) >= 11 is 0. The molecule has 0 atom stereocenters. The van der Waals surface area contributed by atoms with Crippen LogP contribution in [0.1, 0.15) is 22.8 Å². The molecule has 148 valence electrons. The van der Waals surface area contributed by atoms with E-state index in [1.54, 1.807) is 0 Å². The predicted molar refractivity (Wildman–Crippen MR) is 86.3 cm³/mol. The van der Waals surface area contributed by atoms with Crippen LogP contribution in [0.4, 0.5) is 27.6 Å². The van der Waals surface area contributed by atoms with E-state index >= 15 is 0 Å². The molecule has 0 fully saturated rings. The summed E-state index contributed by atoms with van der Waals surface area (Å²) in [5.74, 6) is -3.29. The number of hydrogen-bond acceptors (Lipinski definition) is 4. The van der Waals surface area contributed by atoms with Gasteiger partial charge in [-0.2, -0.15) is 8.78 Å². The maximum atomic E-state index is 14.1. The van der Waals surface area contributed by atoms with Crippen molar-refractivity contribution in [2.45, 2.75) is 25.9 Å². The topological polar surface area (TPSA) is 55.8 Å². The molecule has 1 amide bonds. The van der Waals surface area contributed by atoms with Crippen LogP contribution in [0, 0.1) is 0 Å². The third-order valence-electron chi connectivity index (χ3n) is 3.86. The van der Waals surface area contributed by atoms with Crippen LogP contribution in [0.2, 0.25) is 0 Å². The van der Waals surface area contributed by atoms with E-state index in [2.05, 4.69) is 9.47 Å². The van der Waals surface area contributed by atoms with E-state index in [0.717, 1.165) is 19.1 Å². The first-order chi connectivity index (χ1) is 13.0. The lowest BCUT2D eigenvalue weighted by Gasteiger charge is -2.34. The highest BCUT2D eigenvalue weighted by molar-refractivity contribution is 6.05. The minimum atomic E-state index is -4.93. The number of amides is 1. The molecule has 0 spiro atoms. The van der Waals surface area contributed by atoms with Crippen molar-refractivity contribution >= 4 is 17.4 Å². The lowest BCUT2D eigenvalue weighted by molar-refractivity contribution is -0.274. The smallest absolute Gasteiger partial charge is 0.422 e. The molecular weight excluding hydrogens is 389 g/mol. The lowest BCUT2D eigenvalue weighted by Crippen LogP contribution is -2.50. The van der Waals surface area contributed by atoms with Crippen molar-refractivity contribution in [1.29, 1.82) is 0 Å². The first-order valence-corrected chi connectivity index (χ1v) is 7.85. The van der Waals surface area contributed by atoms with Gasteiger partial charge >= 0.3 is 18.4 Å². The van der Waals surface area contributed by atoms with E-state index < -0.39 is 42.2 Å². The summed E-state index contributed by atoms with van der Waals surface area (Å²) in [6.07, 6.45) is -9.16. The number of fused-ring (bicyclic) bond motifs is 1. The van der Waals surface area contributed by atoms with Crippen molar-refractivity contribution in [3.63, 3.8) is 0 Å². The van der Waals surface area contributed by atoms with Gasteiger partial charge in [0.2, 0.25) is 0 Å². The van der Waals surface area contributed by atoms with E-state index in [4.69, 9.17) is 0 Å². The normalized spacial score (nSPS) is 15.6. The van der Waals surface area contributed by atoms with Crippen molar-refractivity contribution in [3.8, 4) is 11.5 Å². The molecule has 2 aromatic rings. The number of carbonyl (C=O) groups excluding carboxylic acids is 2. The van der Waals surface area contributed by atoms with Crippen LogP contribution < -0.4 is 14.4 Å². The first kappa shape index (κ1) is 19.6. The van der Waals surface area contributed by atoms with E-state index in [0.29, 0.717) is 4.90 Å². The first-order valence-electron chi connectivity index (χ1n) is 7.85. The van der Waals surface area contributed by atoms with Gasteiger partial charge in [0.1, 0.15) is 5.75 Å². The second-order valence-corrected chi connectivity index (χ2v) is 5.92. The molecule has 0 aromatic heterocycles. The third-order valence-corrected chi connectivity index (χ3v) is 3.86. The van der Waals surface area contributed by atoms with E-state index in [9.17, 15) is 31.5 Å². The summed E-state index contributed by atoms with van der Waals surface area (Å²) in [4.78, 5) is 24.5. The summed E-state index contributed by atoms with van der Waals surface area (Å²) in [6.45, 7) is 0.664. The number of ketones is 1. The molecule has 2 aromatic carbocycles. The monoisotopic (exact) mass is 401 g/mol. The van der Waals surface area contributed by atoms with Gasteiger partial charge in [0.05, 0.1) is 17.8 Å². The Morgan fingerprint density at radius 3 is 2.50 bits per heavy atom. The summed E-state index contributed by atoms with van der Waals surface area (Å²) in [6, 6.07) is 8.53. The van der Waals surface area contributed by atoms with E-state index in [1.165, 1.54) is 30.3 Å². The summed E-state index contributed by atoms with van der Waals surface area (Å²) in [5.41, 5.74) is -0.137. The zero-order valence-corrected chi connectivity index (χ0v) is 14.2. The molecule has 28 heavy (non-hydrogen) atoms. The Labute approximate surface area is 155 Å². The molecule has 0 saturated heterocycles. The van der Waals surface area contributed by atoms with Crippen LogP contribution in [0.25, 0.3) is 0 Å². The van der Waals surface area contributed by atoms with Gasteiger partial charge in [-0.15, -0.1) is 13.2 Å². The number of nitrogens with zero attached hydrogens (tertiary/aromatic N) is 1. The molecule has 3 rings (SSSR count). The molecular formula is C18H12F5NO4. The molecule has 0 unspecified atom stereocenters. The minimum absolute atomic E-state index is 0.0919. The van der Waals surface area contributed by atoms with Gasteiger partial charge in [0, 0.05) is 0 Å². The summed E-state index contributed by atoms with van der Waals surface area (Å²) < 4.78 is 73.5. The number of para-hydroxylation sites is 1. The third kappa shape index (κ3) is 3.90. The molecule has 5 nitrogen and oxygen atoms in total. The number of ether oxygens (including phenoxy) is 2.